The molecule has 1 atom stereocenters. The first-order valence-corrected chi connectivity index (χ1v) is 6.12. The molecule has 0 aliphatic rings. The summed E-state index contributed by atoms with van der Waals surface area (Å²) in [5, 5.41) is 11.3. The first-order valence-electron chi connectivity index (χ1n) is 5.04. The van der Waals surface area contributed by atoms with Gasteiger partial charge in [0.25, 0.3) is 0 Å². The molecular weight excluding hydrogens is 354 g/mol. The molecule has 0 aliphatic carbocycles. The number of benzene rings is 1. The standard InChI is InChI=1S/C11H12FIN2O3/c1-6(10(16)17)15(2)11(18)14-9-4-3-7(12)5-8(9)13/h3-6H,1-2H3,(H,14,18)(H,16,17). The predicted molar refractivity (Wildman–Crippen MR) is 73.0 cm³/mol. The van der Waals surface area contributed by atoms with Crippen molar-refractivity contribution in [1.82, 2.24) is 4.90 Å². The van der Waals surface area contributed by atoms with E-state index in [0.29, 0.717) is 9.26 Å². The number of anilines is 1. The lowest BCUT2D eigenvalue weighted by molar-refractivity contribution is -0.141. The highest BCUT2D eigenvalue weighted by Crippen LogP contribution is 2.19. The van der Waals surface area contributed by atoms with Gasteiger partial charge >= 0.3 is 12.0 Å². The highest BCUT2D eigenvalue weighted by Gasteiger charge is 2.22. The molecule has 1 aromatic carbocycles. The molecule has 0 aliphatic heterocycles. The van der Waals surface area contributed by atoms with E-state index in [-0.39, 0.29) is 0 Å². The molecule has 0 saturated carbocycles. The van der Waals surface area contributed by atoms with Crippen LogP contribution in [-0.2, 0) is 4.79 Å². The molecule has 7 heteroatoms. The topological polar surface area (TPSA) is 69.6 Å². The molecule has 0 radical (unpaired) electrons. The Morgan fingerprint density at radius 2 is 2.11 bits per heavy atom. The minimum Gasteiger partial charge on any atom is -0.480 e. The van der Waals surface area contributed by atoms with E-state index < -0.39 is 23.9 Å². The Labute approximate surface area is 117 Å². The number of nitrogens with zero attached hydrogens (tertiary/aromatic N) is 1. The quantitative estimate of drug-likeness (QED) is 0.808. The van der Waals surface area contributed by atoms with Crippen LogP contribution in [-0.4, -0.2) is 35.1 Å². The number of carbonyl (C=O) groups excluding carboxylic acids is 1. The van der Waals surface area contributed by atoms with Crippen LogP contribution in [0.2, 0.25) is 0 Å². The molecular formula is C11H12FIN2O3. The van der Waals surface area contributed by atoms with Crippen LogP contribution in [0.5, 0.6) is 0 Å². The predicted octanol–water partition coefficient (Wildman–Crippen LogP) is 2.37. The van der Waals surface area contributed by atoms with Crippen molar-refractivity contribution in [2.24, 2.45) is 0 Å². The summed E-state index contributed by atoms with van der Waals surface area (Å²) in [6.07, 6.45) is 0. The summed E-state index contributed by atoms with van der Waals surface area (Å²) < 4.78 is 13.4. The lowest BCUT2D eigenvalue weighted by Gasteiger charge is -2.22. The Bertz CT molecular complexity index is 481. The lowest BCUT2D eigenvalue weighted by atomic mass is 10.3. The molecule has 0 saturated heterocycles. The summed E-state index contributed by atoms with van der Waals surface area (Å²) >= 11 is 1.88. The number of carbonyl (C=O) groups is 2. The summed E-state index contributed by atoms with van der Waals surface area (Å²) in [6, 6.07) is 2.42. The van der Waals surface area contributed by atoms with E-state index in [1.165, 1.54) is 32.2 Å². The highest BCUT2D eigenvalue weighted by atomic mass is 127. The van der Waals surface area contributed by atoms with Gasteiger partial charge in [0.15, 0.2) is 0 Å². The van der Waals surface area contributed by atoms with E-state index in [0.717, 1.165) is 4.90 Å². The Morgan fingerprint density at radius 3 is 2.61 bits per heavy atom. The largest absolute Gasteiger partial charge is 0.480 e. The van der Waals surface area contributed by atoms with Gasteiger partial charge < -0.3 is 15.3 Å². The van der Waals surface area contributed by atoms with Crippen LogP contribution < -0.4 is 5.32 Å². The Hall–Kier alpha value is -1.38. The highest BCUT2D eigenvalue weighted by molar-refractivity contribution is 14.1. The van der Waals surface area contributed by atoms with Gasteiger partial charge in [-0.3, -0.25) is 0 Å². The number of carboxylic acids is 1. The van der Waals surface area contributed by atoms with Gasteiger partial charge in [0, 0.05) is 10.6 Å². The molecule has 18 heavy (non-hydrogen) atoms. The van der Waals surface area contributed by atoms with E-state index in [1.807, 2.05) is 22.6 Å². The van der Waals surface area contributed by atoms with E-state index in [9.17, 15) is 14.0 Å². The van der Waals surface area contributed by atoms with Crippen LogP contribution in [0.4, 0.5) is 14.9 Å². The van der Waals surface area contributed by atoms with Crippen LogP contribution in [0.25, 0.3) is 0 Å². The normalized spacial score (nSPS) is 11.8. The van der Waals surface area contributed by atoms with Crippen molar-refractivity contribution in [3.63, 3.8) is 0 Å². The maximum absolute atomic E-state index is 12.9. The Balaban J connectivity index is 2.78. The number of rotatable bonds is 3. The van der Waals surface area contributed by atoms with Crippen molar-refractivity contribution < 1.29 is 19.1 Å². The molecule has 0 fully saturated rings. The van der Waals surface area contributed by atoms with E-state index >= 15 is 0 Å². The maximum Gasteiger partial charge on any atom is 0.326 e. The van der Waals surface area contributed by atoms with Crippen LogP contribution in [0, 0.1) is 9.39 Å². The lowest BCUT2D eigenvalue weighted by Crippen LogP contribution is -2.42. The number of hydrogen-bond acceptors (Lipinski definition) is 2. The van der Waals surface area contributed by atoms with Gasteiger partial charge in [0.2, 0.25) is 0 Å². The van der Waals surface area contributed by atoms with Crippen molar-refractivity contribution in [2.45, 2.75) is 13.0 Å². The van der Waals surface area contributed by atoms with Crippen molar-refractivity contribution in [3.05, 3.63) is 27.6 Å². The van der Waals surface area contributed by atoms with Crippen LogP contribution in [0.1, 0.15) is 6.92 Å². The van der Waals surface area contributed by atoms with Crippen LogP contribution in [0.15, 0.2) is 18.2 Å². The number of urea groups is 1. The molecule has 0 aromatic heterocycles. The average molecular weight is 366 g/mol. The summed E-state index contributed by atoms with van der Waals surface area (Å²) in [7, 11) is 1.38. The number of aliphatic carboxylic acids is 1. The van der Waals surface area contributed by atoms with Crippen molar-refractivity contribution >= 4 is 40.3 Å². The molecule has 0 spiro atoms. The van der Waals surface area contributed by atoms with Gasteiger partial charge in [0.05, 0.1) is 5.69 Å². The maximum atomic E-state index is 12.9. The van der Waals surface area contributed by atoms with Gasteiger partial charge in [-0.15, -0.1) is 0 Å². The fourth-order valence-electron chi connectivity index (χ4n) is 1.14. The zero-order chi connectivity index (χ0) is 13.9. The number of likely N-dealkylation sites (N-methyl/N-ethyl adjacent to an activating group) is 1. The Morgan fingerprint density at radius 1 is 1.50 bits per heavy atom. The van der Waals surface area contributed by atoms with Crippen molar-refractivity contribution in [1.29, 1.82) is 0 Å². The van der Waals surface area contributed by atoms with Crippen molar-refractivity contribution in [2.75, 3.05) is 12.4 Å². The zero-order valence-electron chi connectivity index (χ0n) is 9.78. The van der Waals surface area contributed by atoms with E-state index in [2.05, 4.69) is 5.32 Å². The molecule has 2 N–H and O–H groups in total. The molecule has 1 rings (SSSR count). The number of amides is 2. The van der Waals surface area contributed by atoms with E-state index in [4.69, 9.17) is 5.11 Å². The first-order chi connectivity index (χ1) is 8.32. The number of nitrogens with one attached hydrogen (secondary N) is 1. The fraction of sp³-hybridized carbons (Fsp3) is 0.273. The third-order valence-electron chi connectivity index (χ3n) is 2.43. The third-order valence-corrected chi connectivity index (χ3v) is 3.32. The zero-order valence-corrected chi connectivity index (χ0v) is 11.9. The molecule has 0 bridgehead atoms. The van der Waals surface area contributed by atoms with Gasteiger partial charge in [-0.05, 0) is 47.7 Å². The van der Waals surface area contributed by atoms with Gasteiger partial charge in [0.1, 0.15) is 11.9 Å². The number of hydrogen-bond donors (Lipinski definition) is 2. The summed E-state index contributed by atoms with van der Waals surface area (Å²) in [6.45, 7) is 1.40. The number of halogens is 2. The van der Waals surface area contributed by atoms with Gasteiger partial charge in [-0.25, -0.2) is 14.0 Å². The van der Waals surface area contributed by atoms with Crippen LogP contribution >= 0.6 is 22.6 Å². The average Bonchev–Trinajstić information content (AvgIpc) is 2.30. The van der Waals surface area contributed by atoms with Crippen LogP contribution in [0.3, 0.4) is 0 Å². The second-order valence-corrected chi connectivity index (χ2v) is 4.84. The second kappa shape index (κ2) is 5.98. The minimum atomic E-state index is -1.10. The summed E-state index contributed by atoms with van der Waals surface area (Å²) in [4.78, 5) is 23.5. The second-order valence-electron chi connectivity index (χ2n) is 3.68. The molecule has 5 nitrogen and oxygen atoms in total. The Kier molecular flexibility index (Phi) is 4.88. The molecule has 1 unspecified atom stereocenters. The molecule has 0 heterocycles. The van der Waals surface area contributed by atoms with E-state index in [1.54, 1.807) is 0 Å². The fourth-order valence-corrected chi connectivity index (χ4v) is 1.75. The molecule has 2 amide bonds. The SMILES string of the molecule is CC(C(=O)O)N(C)C(=O)Nc1ccc(F)cc1I. The third kappa shape index (κ3) is 3.56. The summed E-state index contributed by atoms with van der Waals surface area (Å²) in [5.41, 5.74) is 0.437. The monoisotopic (exact) mass is 366 g/mol. The van der Waals surface area contributed by atoms with Gasteiger partial charge in [-0.1, -0.05) is 0 Å². The molecule has 98 valence electrons. The number of carboxylic acid groups (broad SMARTS) is 1. The minimum absolute atomic E-state index is 0.398. The smallest absolute Gasteiger partial charge is 0.326 e. The molecule has 1 aromatic rings. The van der Waals surface area contributed by atoms with Gasteiger partial charge in [-0.2, -0.15) is 0 Å². The van der Waals surface area contributed by atoms with Crippen molar-refractivity contribution in [3.8, 4) is 0 Å². The summed E-state index contributed by atoms with van der Waals surface area (Å²) in [5.74, 6) is -1.49. The first kappa shape index (κ1) is 14.7.